The van der Waals surface area contributed by atoms with Crippen LogP contribution in [0.2, 0.25) is 5.02 Å². The van der Waals surface area contributed by atoms with Gasteiger partial charge in [0, 0.05) is 48.9 Å². The summed E-state index contributed by atoms with van der Waals surface area (Å²) in [5.74, 6) is 0. The Morgan fingerprint density at radius 2 is 1.67 bits per heavy atom. The molecule has 0 amide bonds. The van der Waals surface area contributed by atoms with Crippen molar-refractivity contribution in [2.75, 3.05) is 44.2 Å². The molecule has 0 spiro atoms. The molecular weight excluding hydrogens is 459 g/mol. The third-order valence-electron chi connectivity index (χ3n) is 6.76. The maximum atomic E-state index is 13.2. The first-order valence-corrected chi connectivity index (χ1v) is 11.5. The van der Waals surface area contributed by atoms with Crippen LogP contribution in [0.15, 0.2) is 30.0 Å². The number of piperazine rings is 1. The van der Waals surface area contributed by atoms with E-state index in [9.17, 15) is 23.3 Å². The Morgan fingerprint density at radius 1 is 1.03 bits per heavy atom. The van der Waals surface area contributed by atoms with Crippen LogP contribution in [-0.2, 0) is 6.18 Å². The Balaban J connectivity index is 1.49. The van der Waals surface area contributed by atoms with Crippen molar-refractivity contribution in [2.24, 2.45) is 0 Å². The topological polar surface area (TPSA) is 76.7 Å². The molecule has 2 heterocycles. The minimum absolute atomic E-state index is 0.114. The first-order chi connectivity index (χ1) is 15.6. The van der Waals surface area contributed by atoms with Crippen LogP contribution in [0.3, 0.4) is 0 Å². The minimum Gasteiger partial charge on any atom is -0.371 e. The van der Waals surface area contributed by atoms with E-state index in [-0.39, 0.29) is 22.1 Å². The number of nitrogens with zero attached hydrogens (tertiary/aromatic N) is 4. The summed E-state index contributed by atoms with van der Waals surface area (Å²) in [6.07, 6.45) is 0.780. The number of rotatable bonds is 4. The summed E-state index contributed by atoms with van der Waals surface area (Å²) < 4.78 is 39.7. The van der Waals surface area contributed by atoms with Crippen LogP contribution >= 0.6 is 11.6 Å². The van der Waals surface area contributed by atoms with Gasteiger partial charge < -0.3 is 15.2 Å². The quantitative estimate of drug-likeness (QED) is 0.508. The van der Waals surface area contributed by atoms with Crippen molar-refractivity contribution in [3.05, 3.63) is 50.7 Å². The van der Waals surface area contributed by atoms with Gasteiger partial charge in [0.1, 0.15) is 6.04 Å². The fraction of sp³-hybridized carbons (Fsp3) is 0.591. The average Bonchev–Trinajstić information content (AvgIpc) is 2.78. The van der Waals surface area contributed by atoms with E-state index in [1.165, 1.54) is 6.07 Å². The average molecular weight is 486 g/mol. The second-order valence-electron chi connectivity index (χ2n) is 8.81. The lowest BCUT2D eigenvalue weighted by atomic mass is 9.89. The van der Waals surface area contributed by atoms with Gasteiger partial charge in [-0.05, 0) is 50.2 Å². The molecule has 1 N–H and O–H groups in total. The summed E-state index contributed by atoms with van der Waals surface area (Å²) >= 11 is 5.74. The molecular formula is C22H27ClF3N5O2. The first kappa shape index (κ1) is 23.8. The van der Waals surface area contributed by atoms with E-state index in [0.29, 0.717) is 31.9 Å². The van der Waals surface area contributed by atoms with Crippen molar-refractivity contribution in [1.29, 1.82) is 5.41 Å². The normalized spacial score (nSPS) is 25.2. The zero-order valence-electron chi connectivity index (χ0n) is 18.2. The molecule has 0 bridgehead atoms. The largest absolute Gasteiger partial charge is 0.417 e. The molecule has 0 radical (unpaired) electrons. The van der Waals surface area contributed by atoms with Crippen molar-refractivity contribution >= 4 is 23.0 Å². The number of hydrogen-bond donors (Lipinski definition) is 1. The highest BCUT2D eigenvalue weighted by molar-refractivity contribution is 6.31. The summed E-state index contributed by atoms with van der Waals surface area (Å²) in [6.45, 7) is 3.74. The number of halogens is 4. The highest BCUT2D eigenvalue weighted by atomic mass is 35.5. The van der Waals surface area contributed by atoms with Gasteiger partial charge in [0.15, 0.2) is 0 Å². The number of alkyl halides is 3. The van der Waals surface area contributed by atoms with Crippen molar-refractivity contribution in [1.82, 2.24) is 9.80 Å². The first-order valence-electron chi connectivity index (χ1n) is 11.2. The van der Waals surface area contributed by atoms with Crippen molar-refractivity contribution in [3.63, 3.8) is 0 Å². The van der Waals surface area contributed by atoms with E-state index in [4.69, 9.17) is 17.0 Å². The van der Waals surface area contributed by atoms with Gasteiger partial charge in [-0.1, -0.05) is 18.0 Å². The van der Waals surface area contributed by atoms with Crippen LogP contribution in [0.1, 0.15) is 31.2 Å². The lowest BCUT2D eigenvalue weighted by Gasteiger charge is -2.42. The Bertz CT molecular complexity index is 940. The SMILES string of the molecule is N=C1CC(N2CCN(c3ccc(Cl)c(C(F)(F)F)c3)CC2)=CC(N2CCCCC2)C1[N+](=O)[O-]. The second-order valence-corrected chi connectivity index (χ2v) is 9.22. The number of benzene rings is 1. The molecule has 2 aliphatic heterocycles. The van der Waals surface area contributed by atoms with Gasteiger partial charge in [0.25, 0.3) is 6.04 Å². The standard InChI is InChI=1S/C22H27ClF3N5O2/c23-18-5-4-15(12-17(18)22(24,25)26)28-8-10-29(11-9-28)16-13-19(27)21(31(32)33)20(14-16)30-6-2-1-3-7-30/h4-5,12,14,20-21,27H,1-3,6-11,13H2. The van der Waals surface area contributed by atoms with Crippen LogP contribution in [-0.4, -0.2) is 71.8 Å². The second kappa shape index (κ2) is 9.50. The molecule has 2 atom stereocenters. The lowest BCUT2D eigenvalue weighted by Crippen LogP contribution is -2.55. The summed E-state index contributed by atoms with van der Waals surface area (Å²) in [4.78, 5) is 17.5. The molecule has 2 fully saturated rings. The van der Waals surface area contributed by atoms with Crippen LogP contribution in [0.4, 0.5) is 18.9 Å². The van der Waals surface area contributed by atoms with Gasteiger partial charge in [-0.3, -0.25) is 15.0 Å². The number of nitro groups is 1. The van der Waals surface area contributed by atoms with Crippen molar-refractivity contribution in [2.45, 2.75) is 43.9 Å². The van der Waals surface area contributed by atoms with Crippen molar-refractivity contribution < 1.29 is 18.1 Å². The third-order valence-corrected chi connectivity index (χ3v) is 7.09. The predicted octanol–water partition coefficient (Wildman–Crippen LogP) is 4.29. The molecule has 0 saturated carbocycles. The van der Waals surface area contributed by atoms with Crippen molar-refractivity contribution in [3.8, 4) is 0 Å². The highest BCUT2D eigenvalue weighted by Crippen LogP contribution is 2.37. The van der Waals surface area contributed by atoms with E-state index in [2.05, 4.69) is 9.80 Å². The van der Waals surface area contributed by atoms with E-state index in [1.54, 1.807) is 6.07 Å². The molecule has 2 saturated heterocycles. The van der Waals surface area contributed by atoms with E-state index < -0.39 is 23.8 Å². The van der Waals surface area contributed by atoms with Gasteiger partial charge in [-0.15, -0.1) is 0 Å². The van der Waals surface area contributed by atoms with Gasteiger partial charge in [0.2, 0.25) is 0 Å². The Morgan fingerprint density at radius 3 is 2.27 bits per heavy atom. The van der Waals surface area contributed by atoms with Crippen LogP contribution < -0.4 is 4.90 Å². The Hall–Kier alpha value is -2.33. The molecule has 2 unspecified atom stereocenters. The number of likely N-dealkylation sites (tertiary alicyclic amines) is 1. The number of nitrogens with one attached hydrogen (secondary N) is 1. The fourth-order valence-corrected chi connectivity index (χ4v) is 5.25. The molecule has 33 heavy (non-hydrogen) atoms. The molecule has 180 valence electrons. The maximum absolute atomic E-state index is 13.2. The van der Waals surface area contributed by atoms with E-state index in [1.807, 2.05) is 11.0 Å². The van der Waals surface area contributed by atoms with Crippen LogP contribution in [0.25, 0.3) is 0 Å². The zero-order chi connectivity index (χ0) is 23.8. The monoisotopic (exact) mass is 485 g/mol. The Kier molecular flexibility index (Phi) is 6.86. The molecule has 7 nitrogen and oxygen atoms in total. The molecule has 4 rings (SSSR count). The molecule has 1 aromatic rings. The van der Waals surface area contributed by atoms with Gasteiger partial charge >= 0.3 is 6.18 Å². The zero-order valence-corrected chi connectivity index (χ0v) is 18.9. The van der Waals surface area contributed by atoms with Gasteiger partial charge in [0.05, 0.1) is 16.3 Å². The lowest BCUT2D eigenvalue weighted by molar-refractivity contribution is -0.509. The summed E-state index contributed by atoms with van der Waals surface area (Å²) in [6, 6.07) is 2.50. The van der Waals surface area contributed by atoms with E-state index >= 15 is 0 Å². The van der Waals surface area contributed by atoms with E-state index in [0.717, 1.165) is 44.1 Å². The molecule has 11 heteroatoms. The number of allylic oxidation sites excluding steroid dienone is 1. The molecule has 1 aromatic carbocycles. The fourth-order valence-electron chi connectivity index (χ4n) is 5.02. The van der Waals surface area contributed by atoms with Crippen LogP contribution in [0.5, 0.6) is 0 Å². The van der Waals surface area contributed by atoms with Crippen LogP contribution in [0, 0.1) is 15.5 Å². The summed E-state index contributed by atoms with van der Waals surface area (Å²) in [5, 5.41) is 19.8. The number of hydrogen-bond acceptors (Lipinski definition) is 6. The summed E-state index contributed by atoms with van der Waals surface area (Å²) in [5.41, 5.74) is 0.641. The third kappa shape index (κ3) is 5.11. The Labute approximate surface area is 195 Å². The highest BCUT2D eigenvalue weighted by Gasteiger charge is 2.43. The molecule has 0 aromatic heterocycles. The molecule has 1 aliphatic carbocycles. The predicted molar refractivity (Wildman–Crippen MR) is 121 cm³/mol. The van der Waals surface area contributed by atoms with Gasteiger partial charge in [-0.25, -0.2) is 0 Å². The minimum atomic E-state index is -4.51. The number of anilines is 1. The number of piperidine rings is 1. The maximum Gasteiger partial charge on any atom is 0.417 e. The summed E-state index contributed by atoms with van der Waals surface area (Å²) in [7, 11) is 0. The van der Waals surface area contributed by atoms with Gasteiger partial charge in [-0.2, -0.15) is 13.2 Å². The smallest absolute Gasteiger partial charge is 0.371 e. The molecule has 3 aliphatic rings.